The molecule has 0 unspecified atom stereocenters. The largest absolute Gasteiger partial charge is 0.399 e. The van der Waals surface area contributed by atoms with Gasteiger partial charge in [-0.1, -0.05) is 32.1 Å². The Kier molecular flexibility index (Phi) is 4.29. The number of nitrogens with one attached hydrogen (secondary N) is 1. The number of rotatable bonds is 2. The van der Waals surface area contributed by atoms with Crippen LogP contribution in [0.15, 0.2) is 18.2 Å². The first-order valence-electron chi connectivity index (χ1n) is 6.88. The number of benzene rings is 1. The molecule has 0 bridgehead atoms. The third-order valence-corrected chi connectivity index (χ3v) is 3.72. The van der Waals surface area contributed by atoms with Crippen molar-refractivity contribution in [1.82, 2.24) is 0 Å². The number of nitrogen functional groups attached to an aromatic ring is 1. The molecule has 1 saturated carbocycles. The molecule has 0 heterocycles. The number of nitrogens with two attached hydrogens (primary N) is 1. The zero-order valence-electron chi connectivity index (χ0n) is 10.8. The van der Waals surface area contributed by atoms with Crippen LogP contribution in [0.4, 0.5) is 11.4 Å². The molecule has 0 saturated heterocycles. The standard InChI is InChI=1S/C15H24N2/c1-12-11-13(16)9-10-15(12)17-14-7-5-3-2-4-6-8-14/h9-11,14,17H,2-8,16H2,1H3. The predicted octanol–water partition coefficient (Wildman–Crippen LogP) is 4.10. The molecule has 0 radical (unpaired) electrons. The summed E-state index contributed by atoms with van der Waals surface area (Å²) in [4.78, 5) is 0. The summed E-state index contributed by atoms with van der Waals surface area (Å²) in [6.07, 6.45) is 9.58. The van der Waals surface area contributed by atoms with E-state index >= 15 is 0 Å². The van der Waals surface area contributed by atoms with E-state index in [9.17, 15) is 0 Å². The van der Waals surface area contributed by atoms with E-state index in [1.807, 2.05) is 12.1 Å². The van der Waals surface area contributed by atoms with Crippen LogP contribution in [0.1, 0.15) is 50.5 Å². The van der Waals surface area contributed by atoms with Crippen LogP contribution < -0.4 is 11.1 Å². The van der Waals surface area contributed by atoms with Crippen LogP contribution in [0.25, 0.3) is 0 Å². The summed E-state index contributed by atoms with van der Waals surface area (Å²) in [6, 6.07) is 6.80. The summed E-state index contributed by atoms with van der Waals surface area (Å²) in [7, 11) is 0. The quantitative estimate of drug-likeness (QED) is 0.753. The molecule has 0 aliphatic heterocycles. The van der Waals surface area contributed by atoms with E-state index in [-0.39, 0.29) is 0 Å². The summed E-state index contributed by atoms with van der Waals surface area (Å²) < 4.78 is 0. The average Bonchev–Trinajstić information content (AvgIpc) is 2.25. The molecule has 1 aliphatic rings. The first kappa shape index (κ1) is 12.3. The molecule has 94 valence electrons. The average molecular weight is 232 g/mol. The molecule has 0 aromatic heterocycles. The molecule has 2 rings (SSSR count). The van der Waals surface area contributed by atoms with Gasteiger partial charge < -0.3 is 11.1 Å². The summed E-state index contributed by atoms with van der Waals surface area (Å²) >= 11 is 0. The van der Waals surface area contributed by atoms with Crippen LogP contribution in [-0.2, 0) is 0 Å². The van der Waals surface area contributed by atoms with Gasteiger partial charge in [0.1, 0.15) is 0 Å². The lowest BCUT2D eigenvalue weighted by atomic mass is 9.96. The Balaban J connectivity index is 1.98. The molecule has 1 fully saturated rings. The van der Waals surface area contributed by atoms with Crippen molar-refractivity contribution >= 4 is 11.4 Å². The van der Waals surface area contributed by atoms with Crippen LogP contribution >= 0.6 is 0 Å². The maximum atomic E-state index is 5.78. The van der Waals surface area contributed by atoms with E-state index < -0.39 is 0 Å². The molecule has 17 heavy (non-hydrogen) atoms. The maximum Gasteiger partial charge on any atom is 0.0373 e. The highest BCUT2D eigenvalue weighted by Crippen LogP contribution is 2.23. The van der Waals surface area contributed by atoms with Crippen molar-refractivity contribution < 1.29 is 0 Å². The topological polar surface area (TPSA) is 38.0 Å². The Labute approximate surface area is 105 Å². The second-order valence-electron chi connectivity index (χ2n) is 5.26. The van der Waals surface area contributed by atoms with Crippen molar-refractivity contribution in [3.8, 4) is 0 Å². The third-order valence-electron chi connectivity index (χ3n) is 3.72. The van der Waals surface area contributed by atoms with Crippen molar-refractivity contribution in [3.05, 3.63) is 23.8 Å². The molecular weight excluding hydrogens is 208 g/mol. The van der Waals surface area contributed by atoms with E-state index in [0.717, 1.165) is 5.69 Å². The Bertz CT molecular complexity index is 352. The minimum atomic E-state index is 0.651. The summed E-state index contributed by atoms with van der Waals surface area (Å²) in [5.41, 5.74) is 9.14. The third kappa shape index (κ3) is 3.65. The van der Waals surface area contributed by atoms with Crippen molar-refractivity contribution in [2.75, 3.05) is 11.1 Å². The molecular formula is C15H24N2. The molecule has 0 atom stereocenters. The van der Waals surface area contributed by atoms with Crippen LogP contribution in [0.5, 0.6) is 0 Å². The van der Waals surface area contributed by atoms with Gasteiger partial charge in [-0.25, -0.2) is 0 Å². The monoisotopic (exact) mass is 232 g/mol. The van der Waals surface area contributed by atoms with Gasteiger partial charge in [0.25, 0.3) is 0 Å². The Morgan fingerprint density at radius 2 is 1.71 bits per heavy atom. The lowest BCUT2D eigenvalue weighted by Gasteiger charge is -2.23. The number of hydrogen-bond donors (Lipinski definition) is 2. The predicted molar refractivity (Wildman–Crippen MR) is 75.3 cm³/mol. The maximum absolute atomic E-state index is 5.78. The van der Waals surface area contributed by atoms with Crippen LogP contribution in [0, 0.1) is 6.92 Å². The van der Waals surface area contributed by atoms with Crippen LogP contribution in [-0.4, -0.2) is 6.04 Å². The number of aryl methyl sites for hydroxylation is 1. The summed E-state index contributed by atoms with van der Waals surface area (Å²) in [5, 5.41) is 3.69. The minimum absolute atomic E-state index is 0.651. The van der Waals surface area contributed by atoms with Crippen molar-refractivity contribution in [1.29, 1.82) is 0 Å². The first-order valence-corrected chi connectivity index (χ1v) is 6.88. The Morgan fingerprint density at radius 1 is 1.06 bits per heavy atom. The van der Waals surface area contributed by atoms with E-state index in [4.69, 9.17) is 5.73 Å². The van der Waals surface area contributed by atoms with Gasteiger partial charge in [0.05, 0.1) is 0 Å². The highest BCUT2D eigenvalue weighted by Gasteiger charge is 2.11. The smallest absolute Gasteiger partial charge is 0.0373 e. The second kappa shape index (κ2) is 5.95. The first-order chi connectivity index (χ1) is 8.25. The van der Waals surface area contributed by atoms with E-state index in [0.29, 0.717) is 6.04 Å². The fourth-order valence-corrected chi connectivity index (χ4v) is 2.67. The highest BCUT2D eigenvalue weighted by atomic mass is 14.9. The van der Waals surface area contributed by atoms with E-state index in [2.05, 4.69) is 18.3 Å². The fourth-order valence-electron chi connectivity index (χ4n) is 2.67. The summed E-state index contributed by atoms with van der Waals surface area (Å²) in [5.74, 6) is 0. The molecule has 1 aromatic rings. The molecule has 1 aliphatic carbocycles. The Morgan fingerprint density at radius 3 is 2.35 bits per heavy atom. The van der Waals surface area contributed by atoms with Crippen LogP contribution in [0.2, 0.25) is 0 Å². The van der Waals surface area contributed by atoms with Crippen molar-refractivity contribution in [2.45, 2.75) is 57.9 Å². The molecule has 1 aromatic carbocycles. The lowest BCUT2D eigenvalue weighted by Crippen LogP contribution is -2.21. The van der Waals surface area contributed by atoms with Gasteiger partial charge >= 0.3 is 0 Å². The van der Waals surface area contributed by atoms with Gasteiger partial charge in [-0.05, 0) is 43.5 Å². The molecule has 3 N–H and O–H groups in total. The molecule has 0 spiro atoms. The van der Waals surface area contributed by atoms with Crippen LogP contribution in [0.3, 0.4) is 0 Å². The van der Waals surface area contributed by atoms with E-state index in [1.165, 1.54) is 56.2 Å². The zero-order chi connectivity index (χ0) is 12.1. The number of anilines is 2. The zero-order valence-corrected chi connectivity index (χ0v) is 10.8. The van der Waals surface area contributed by atoms with Gasteiger partial charge in [-0.15, -0.1) is 0 Å². The summed E-state index contributed by atoms with van der Waals surface area (Å²) in [6.45, 7) is 2.13. The molecule has 0 amide bonds. The Hall–Kier alpha value is -1.18. The van der Waals surface area contributed by atoms with E-state index in [1.54, 1.807) is 0 Å². The minimum Gasteiger partial charge on any atom is -0.399 e. The fraction of sp³-hybridized carbons (Fsp3) is 0.600. The molecule has 2 heteroatoms. The second-order valence-corrected chi connectivity index (χ2v) is 5.26. The van der Waals surface area contributed by atoms with Gasteiger partial charge in [0.15, 0.2) is 0 Å². The van der Waals surface area contributed by atoms with Gasteiger partial charge in [0.2, 0.25) is 0 Å². The SMILES string of the molecule is Cc1cc(N)ccc1NC1CCCCCCC1. The van der Waals surface area contributed by atoms with Crippen molar-refractivity contribution in [2.24, 2.45) is 0 Å². The van der Waals surface area contributed by atoms with Gasteiger partial charge in [-0.3, -0.25) is 0 Å². The van der Waals surface area contributed by atoms with Crippen molar-refractivity contribution in [3.63, 3.8) is 0 Å². The molecule has 2 nitrogen and oxygen atoms in total. The van der Waals surface area contributed by atoms with Gasteiger partial charge in [-0.2, -0.15) is 0 Å². The highest BCUT2D eigenvalue weighted by molar-refractivity contribution is 5.57. The lowest BCUT2D eigenvalue weighted by molar-refractivity contribution is 0.471. The van der Waals surface area contributed by atoms with Gasteiger partial charge in [0, 0.05) is 17.4 Å². The number of hydrogen-bond acceptors (Lipinski definition) is 2. The normalized spacial score (nSPS) is 18.4.